The molecule has 0 bridgehead atoms. The van der Waals surface area contributed by atoms with Gasteiger partial charge in [0.1, 0.15) is 11.6 Å². The molecule has 1 aliphatic rings. The minimum Gasteiger partial charge on any atom is -0.480 e. The first-order chi connectivity index (χ1) is 9.61. The van der Waals surface area contributed by atoms with E-state index in [0.717, 1.165) is 25.7 Å². The fourth-order valence-electron chi connectivity index (χ4n) is 2.93. The number of carboxylic acid groups (broad SMARTS) is 1. The van der Waals surface area contributed by atoms with Crippen LogP contribution in [-0.4, -0.2) is 28.8 Å². The quantitative estimate of drug-likeness (QED) is 0.776. The summed E-state index contributed by atoms with van der Waals surface area (Å²) >= 11 is 0. The van der Waals surface area contributed by atoms with Crippen LogP contribution in [0.2, 0.25) is 0 Å². The zero-order valence-electron chi connectivity index (χ0n) is 13.7. The van der Waals surface area contributed by atoms with Gasteiger partial charge in [0.05, 0.1) is 0 Å². The molecular formula is C16H29NO4. The van der Waals surface area contributed by atoms with Crippen LogP contribution in [0.15, 0.2) is 0 Å². The maximum Gasteiger partial charge on any atom is 0.408 e. The third-order valence-electron chi connectivity index (χ3n) is 4.00. The Labute approximate surface area is 127 Å². The second-order valence-electron chi connectivity index (χ2n) is 7.47. The van der Waals surface area contributed by atoms with Crippen LogP contribution in [0, 0.1) is 5.41 Å². The topological polar surface area (TPSA) is 75.6 Å². The van der Waals surface area contributed by atoms with Gasteiger partial charge in [-0.15, -0.1) is 0 Å². The zero-order chi connectivity index (χ0) is 16.1. The molecule has 1 rings (SSSR count). The van der Waals surface area contributed by atoms with E-state index in [2.05, 4.69) is 12.2 Å². The first kappa shape index (κ1) is 17.8. The highest BCUT2D eigenvalue weighted by Crippen LogP contribution is 2.38. The van der Waals surface area contributed by atoms with Crippen molar-refractivity contribution in [1.82, 2.24) is 5.32 Å². The molecule has 0 aliphatic heterocycles. The van der Waals surface area contributed by atoms with Crippen LogP contribution in [0.25, 0.3) is 0 Å². The van der Waals surface area contributed by atoms with Crippen LogP contribution in [0.1, 0.15) is 72.6 Å². The molecule has 1 fully saturated rings. The summed E-state index contributed by atoms with van der Waals surface area (Å²) < 4.78 is 5.15. The number of amides is 1. The standard InChI is InChI=1S/C16H29NO4/c1-15(2,3)21-14(20)17-12(13(18)19)11-16(4)9-7-5-6-8-10-16/h12H,5-11H2,1-4H3,(H,17,20)(H,18,19). The van der Waals surface area contributed by atoms with Crippen LogP contribution in [-0.2, 0) is 9.53 Å². The van der Waals surface area contributed by atoms with Crippen molar-refractivity contribution in [1.29, 1.82) is 0 Å². The molecule has 0 radical (unpaired) electrons. The van der Waals surface area contributed by atoms with Gasteiger partial charge < -0.3 is 15.2 Å². The Bertz CT molecular complexity index is 365. The number of carbonyl (C=O) groups excluding carboxylic acids is 1. The number of nitrogens with one attached hydrogen (secondary N) is 1. The van der Waals surface area contributed by atoms with Crippen molar-refractivity contribution in [2.24, 2.45) is 5.41 Å². The maximum absolute atomic E-state index is 11.8. The fraction of sp³-hybridized carbons (Fsp3) is 0.875. The highest BCUT2D eigenvalue weighted by Gasteiger charge is 2.33. The molecular weight excluding hydrogens is 270 g/mol. The lowest BCUT2D eigenvalue weighted by atomic mass is 9.77. The predicted molar refractivity (Wildman–Crippen MR) is 81.2 cm³/mol. The lowest BCUT2D eigenvalue weighted by molar-refractivity contribution is -0.140. The van der Waals surface area contributed by atoms with E-state index >= 15 is 0 Å². The molecule has 1 amide bonds. The number of carbonyl (C=O) groups is 2. The molecule has 0 aromatic heterocycles. The second kappa shape index (κ2) is 7.14. The first-order valence-corrected chi connectivity index (χ1v) is 7.84. The Morgan fingerprint density at radius 2 is 1.71 bits per heavy atom. The van der Waals surface area contributed by atoms with Gasteiger partial charge in [-0.05, 0) is 45.4 Å². The van der Waals surface area contributed by atoms with Crippen molar-refractivity contribution in [2.45, 2.75) is 84.3 Å². The molecule has 0 heterocycles. The summed E-state index contributed by atoms with van der Waals surface area (Å²) in [6.07, 6.45) is 6.54. The third kappa shape index (κ3) is 6.82. The van der Waals surface area contributed by atoms with Gasteiger partial charge >= 0.3 is 12.1 Å². The summed E-state index contributed by atoms with van der Waals surface area (Å²) in [7, 11) is 0. The molecule has 0 saturated heterocycles. The van der Waals surface area contributed by atoms with E-state index in [1.54, 1.807) is 20.8 Å². The van der Waals surface area contributed by atoms with Crippen LogP contribution >= 0.6 is 0 Å². The molecule has 5 heteroatoms. The van der Waals surface area contributed by atoms with Crippen molar-refractivity contribution in [2.75, 3.05) is 0 Å². The largest absolute Gasteiger partial charge is 0.480 e. The molecule has 1 aliphatic carbocycles. The van der Waals surface area contributed by atoms with Crippen LogP contribution in [0.5, 0.6) is 0 Å². The van der Waals surface area contributed by atoms with Gasteiger partial charge in [-0.1, -0.05) is 32.6 Å². The molecule has 21 heavy (non-hydrogen) atoms. The van der Waals surface area contributed by atoms with Gasteiger partial charge in [-0.2, -0.15) is 0 Å². The molecule has 0 spiro atoms. The smallest absolute Gasteiger partial charge is 0.408 e. The highest BCUT2D eigenvalue weighted by molar-refractivity contribution is 5.80. The molecule has 1 atom stereocenters. The van der Waals surface area contributed by atoms with E-state index in [9.17, 15) is 14.7 Å². The van der Waals surface area contributed by atoms with Gasteiger partial charge in [0, 0.05) is 0 Å². The Kier molecular flexibility index (Phi) is 6.05. The number of hydrogen-bond donors (Lipinski definition) is 2. The Morgan fingerprint density at radius 3 is 2.14 bits per heavy atom. The maximum atomic E-state index is 11.8. The molecule has 1 unspecified atom stereocenters. The van der Waals surface area contributed by atoms with Gasteiger partial charge in [-0.3, -0.25) is 0 Å². The average molecular weight is 299 g/mol. The predicted octanol–water partition coefficient (Wildman–Crippen LogP) is 3.71. The van der Waals surface area contributed by atoms with Crippen LogP contribution in [0.3, 0.4) is 0 Å². The van der Waals surface area contributed by atoms with E-state index in [1.165, 1.54) is 12.8 Å². The molecule has 1 saturated carbocycles. The lowest BCUT2D eigenvalue weighted by Gasteiger charge is -2.31. The normalized spacial score (nSPS) is 20.2. The summed E-state index contributed by atoms with van der Waals surface area (Å²) in [5, 5.41) is 11.9. The minimum absolute atomic E-state index is 0.0193. The summed E-state index contributed by atoms with van der Waals surface area (Å²) in [5.74, 6) is -0.994. The average Bonchev–Trinajstić information content (AvgIpc) is 2.50. The van der Waals surface area contributed by atoms with Crippen molar-refractivity contribution in [3.05, 3.63) is 0 Å². The van der Waals surface area contributed by atoms with Crippen molar-refractivity contribution in [3.8, 4) is 0 Å². The summed E-state index contributed by atoms with van der Waals surface area (Å²) in [6, 6.07) is -0.886. The molecule has 0 aromatic carbocycles. The fourth-order valence-corrected chi connectivity index (χ4v) is 2.93. The van der Waals surface area contributed by atoms with Gasteiger partial charge in [0.2, 0.25) is 0 Å². The highest BCUT2D eigenvalue weighted by atomic mass is 16.6. The van der Waals surface area contributed by atoms with E-state index in [-0.39, 0.29) is 5.41 Å². The van der Waals surface area contributed by atoms with Crippen LogP contribution < -0.4 is 5.32 Å². The van der Waals surface area contributed by atoms with E-state index < -0.39 is 23.7 Å². The van der Waals surface area contributed by atoms with Crippen molar-refractivity contribution < 1.29 is 19.4 Å². The van der Waals surface area contributed by atoms with Crippen LogP contribution in [0.4, 0.5) is 4.79 Å². The Balaban J connectivity index is 2.64. The van der Waals surface area contributed by atoms with E-state index in [0.29, 0.717) is 6.42 Å². The monoisotopic (exact) mass is 299 g/mol. The lowest BCUT2D eigenvalue weighted by Crippen LogP contribution is -2.45. The molecule has 122 valence electrons. The van der Waals surface area contributed by atoms with Gasteiger partial charge in [-0.25, -0.2) is 9.59 Å². The van der Waals surface area contributed by atoms with E-state index in [1.807, 2.05) is 0 Å². The summed E-state index contributed by atoms with van der Waals surface area (Å²) in [5.41, 5.74) is -0.645. The van der Waals surface area contributed by atoms with Gasteiger partial charge in [0.25, 0.3) is 0 Å². The van der Waals surface area contributed by atoms with E-state index in [4.69, 9.17) is 4.74 Å². The number of carboxylic acids is 1. The number of ether oxygens (including phenoxy) is 1. The first-order valence-electron chi connectivity index (χ1n) is 7.84. The third-order valence-corrected chi connectivity index (χ3v) is 4.00. The number of rotatable bonds is 4. The number of aliphatic carboxylic acids is 1. The zero-order valence-corrected chi connectivity index (χ0v) is 13.7. The summed E-state index contributed by atoms with van der Waals surface area (Å²) in [4.78, 5) is 23.2. The number of alkyl carbamates (subject to hydrolysis) is 1. The number of hydrogen-bond acceptors (Lipinski definition) is 3. The van der Waals surface area contributed by atoms with Gasteiger partial charge in [0.15, 0.2) is 0 Å². The van der Waals surface area contributed by atoms with Crippen molar-refractivity contribution in [3.63, 3.8) is 0 Å². The SMILES string of the molecule is CC1(CC(NC(=O)OC(C)(C)C)C(=O)O)CCCCCC1. The second-order valence-corrected chi connectivity index (χ2v) is 7.47. The van der Waals surface area contributed by atoms with Crippen molar-refractivity contribution >= 4 is 12.1 Å². The molecule has 2 N–H and O–H groups in total. The Hall–Kier alpha value is -1.26. The minimum atomic E-state index is -0.994. The Morgan fingerprint density at radius 1 is 1.19 bits per heavy atom. The molecule has 5 nitrogen and oxygen atoms in total. The summed E-state index contributed by atoms with van der Waals surface area (Å²) in [6.45, 7) is 7.41. The molecule has 0 aromatic rings.